The maximum absolute atomic E-state index is 11.7. The van der Waals surface area contributed by atoms with Gasteiger partial charge in [0.1, 0.15) is 5.75 Å². The molecule has 1 aliphatic heterocycles. The van der Waals surface area contributed by atoms with Gasteiger partial charge < -0.3 is 9.84 Å². The number of imide groups is 1. The molecule has 0 unspecified atom stereocenters. The van der Waals surface area contributed by atoms with E-state index < -0.39 is 12.0 Å². The maximum Gasteiger partial charge on any atom is 0.418 e. The fourth-order valence-corrected chi connectivity index (χ4v) is 2.24. The molecule has 1 heterocycles. The van der Waals surface area contributed by atoms with Crippen LogP contribution in [0.2, 0.25) is 0 Å². The molecule has 0 saturated carbocycles. The summed E-state index contributed by atoms with van der Waals surface area (Å²) in [6.45, 7) is -0.265. The summed E-state index contributed by atoms with van der Waals surface area (Å²) in [5, 5.41) is 9.19. The number of ether oxygens (including phenoxy) is 1. The number of hydrogen-bond donors (Lipinski definition) is 1. The zero-order chi connectivity index (χ0) is 15.5. The van der Waals surface area contributed by atoms with E-state index in [0.717, 1.165) is 16.0 Å². The Morgan fingerprint density at radius 1 is 1.09 bits per heavy atom. The van der Waals surface area contributed by atoms with Gasteiger partial charge in [-0.25, -0.2) is 9.69 Å². The van der Waals surface area contributed by atoms with Crippen molar-refractivity contribution >= 4 is 29.8 Å². The number of amides is 2. The van der Waals surface area contributed by atoms with Crippen LogP contribution in [-0.2, 0) is 4.79 Å². The smallest absolute Gasteiger partial charge is 0.418 e. The Hall–Kier alpha value is -3.08. The standard InChI is InChI=1S/C17H13NO4/c19-16-11-22-15-9-8-13(10-14(15)18(16)17(20)21)7-6-12-4-2-1-3-5-12/h1-10H,11H2,(H,20,21). The minimum atomic E-state index is -1.31. The van der Waals surface area contributed by atoms with Crippen molar-refractivity contribution in [3.63, 3.8) is 0 Å². The highest BCUT2D eigenvalue weighted by atomic mass is 16.5. The van der Waals surface area contributed by atoms with E-state index in [1.807, 2.05) is 48.6 Å². The molecule has 1 N–H and O–H groups in total. The lowest BCUT2D eigenvalue weighted by Crippen LogP contribution is -2.42. The molecule has 1 aliphatic rings. The summed E-state index contributed by atoms with van der Waals surface area (Å²) in [7, 11) is 0. The molecule has 0 bridgehead atoms. The Kier molecular flexibility index (Phi) is 3.62. The fourth-order valence-electron chi connectivity index (χ4n) is 2.24. The van der Waals surface area contributed by atoms with Crippen molar-refractivity contribution in [1.82, 2.24) is 0 Å². The van der Waals surface area contributed by atoms with Crippen LogP contribution in [0.5, 0.6) is 5.75 Å². The van der Waals surface area contributed by atoms with Crippen LogP contribution in [0.3, 0.4) is 0 Å². The van der Waals surface area contributed by atoms with Crippen molar-refractivity contribution in [3.05, 3.63) is 59.7 Å². The molecule has 2 amide bonds. The molecule has 5 heteroatoms. The molecule has 110 valence electrons. The number of anilines is 1. The van der Waals surface area contributed by atoms with Crippen LogP contribution in [-0.4, -0.2) is 23.7 Å². The molecule has 0 radical (unpaired) electrons. The van der Waals surface area contributed by atoms with Gasteiger partial charge in [0.25, 0.3) is 5.91 Å². The molecule has 0 fully saturated rings. The molecule has 0 aliphatic carbocycles. The lowest BCUT2D eigenvalue weighted by molar-refractivity contribution is -0.120. The lowest BCUT2D eigenvalue weighted by Gasteiger charge is -2.25. The van der Waals surface area contributed by atoms with Crippen LogP contribution >= 0.6 is 0 Å². The van der Waals surface area contributed by atoms with Gasteiger partial charge in [-0.3, -0.25) is 4.79 Å². The Bertz CT molecular complexity index is 753. The Morgan fingerprint density at radius 2 is 1.82 bits per heavy atom. The number of rotatable bonds is 2. The largest absolute Gasteiger partial charge is 0.482 e. The summed E-state index contributed by atoms with van der Waals surface area (Å²) in [6, 6.07) is 14.8. The lowest BCUT2D eigenvalue weighted by atomic mass is 10.1. The normalized spacial score (nSPS) is 13.8. The highest BCUT2D eigenvalue weighted by molar-refractivity contribution is 6.14. The van der Waals surface area contributed by atoms with Gasteiger partial charge in [-0.2, -0.15) is 0 Å². The first-order chi connectivity index (χ1) is 10.6. The van der Waals surface area contributed by atoms with Gasteiger partial charge in [0.05, 0.1) is 5.69 Å². The van der Waals surface area contributed by atoms with Gasteiger partial charge in [-0.1, -0.05) is 48.6 Å². The van der Waals surface area contributed by atoms with E-state index >= 15 is 0 Å². The third-order valence-corrected chi connectivity index (χ3v) is 3.28. The Labute approximate surface area is 127 Å². The van der Waals surface area contributed by atoms with E-state index in [1.165, 1.54) is 0 Å². The Balaban J connectivity index is 1.94. The fraction of sp³-hybridized carbons (Fsp3) is 0.0588. The number of benzene rings is 2. The molecule has 2 aromatic carbocycles. The highest BCUT2D eigenvalue weighted by Crippen LogP contribution is 2.33. The quantitative estimate of drug-likeness (QED) is 0.864. The van der Waals surface area contributed by atoms with E-state index in [4.69, 9.17) is 4.74 Å². The molecule has 3 rings (SSSR count). The predicted octanol–water partition coefficient (Wildman–Crippen LogP) is 3.26. The summed E-state index contributed by atoms with van der Waals surface area (Å²) in [4.78, 5) is 23.7. The first-order valence-electron chi connectivity index (χ1n) is 6.71. The van der Waals surface area contributed by atoms with E-state index in [0.29, 0.717) is 5.75 Å². The minimum absolute atomic E-state index is 0.249. The zero-order valence-electron chi connectivity index (χ0n) is 11.6. The third kappa shape index (κ3) is 2.69. The topological polar surface area (TPSA) is 66.8 Å². The van der Waals surface area contributed by atoms with Gasteiger partial charge in [0.15, 0.2) is 6.61 Å². The monoisotopic (exact) mass is 295 g/mol. The number of carboxylic acid groups (broad SMARTS) is 1. The summed E-state index contributed by atoms with van der Waals surface area (Å²) >= 11 is 0. The number of hydrogen-bond acceptors (Lipinski definition) is 3. The van der Waals surface area contributed by atoms with Crippen molar-refractivity contribution in [2.45, 2.75) is 0 Å². The molecule has 0 spiro atoms. The second kappa shape index (κ2) is 5.73. The van der Waals surface area contributed by atoms with Gasteiger partial charge in [0, 0.05) is 0 Å². The SMILES string of the molecule is O=C(O)N1C(=O)COc2ccc(C=Cc3ccccc3)cc21. The number of nitrogens with zero attached hydrogens (tertiary/aromatic N) is 1. The van der Waals surface area contributed by atoms with Crippen LogP contribution in [0.4, 0.5) is 10.5 Å². The minimum Gasteiger partial charge on any atom is -0.482 e. The van der Waals surface area contributed by atoms with Crippen LogP contribution < -0.4 is 9.64 Å². The molecule has 0 saturated heterocycles. The van der Waals surface area contributed by atoms with Crippen LogP contribution in [0, 0.1) is 0 Å². The van der Waals surface area contributed by atoms with Crippen LogP contribution in [0.25, 0.3) is 12.2 Å². The average Bonchev–Trinajstić information content (AvgIpc) is 2.53. The highest BCUT2D eigenvalue weighted by Gasteiger charge is 2.30. The van der Waals surface area contributed by atoms with Crippen molar-refractivity contribution in [2.75, 3.05) is 11.5 Å². The van der Waals surface area contributed by atoms with Crippen molar-refractivity contribution in [3.8, 4) is 5.75 Å². The van der Waals surface area contributed by atoms with Crippen molar-refractivity contribution < 1.29 is 19.4 Å². The van der Waals surface area contributed by atoms with Crippen LogP contribution in [0.15, 0.2) is 48.5 Å². The molecule has 2 aromatic rings. The first kappa shape index (κ1) is 13.9. The molecule has 5 nitrogen and oxygen atoms in total. The van der Waals surface area contributed by atoms with Gasteiger partial charge >= 0.3 is 6.09 Å². The Morgan fingerprint density at radius 3 is 2.55 bits per heavy atom. The van der Waals surface area contributed by atoms with Crippen molar-refractivity contribution in [2.24, 2.45) is 0 Å². The molecular weight excluding hydrogens is 282 g/mol. The van der Waals surface area contributed by atoms with Gasteiger partial charge in [-0.15, -0.1) is 0 Å². The third-order valence-electron chi connectivity index (χ3n) is 3.28. The van der Waals surface area contributed by atoms with E-state index in [1.54, 1.807) is 12.1 Å². The van der Waals surface area contributed by atoms with E-state index in [2.05, 4.69) is 0 Å². The summed E-state index contributed by atoms with van der Waals surface area (Å²) in [6.07, 6.45) is 2.46. The summed E-state index contributed by atoms with van der Waals surface area (Å²) in [5.41, 5.74) is 2.06. The molecular formula is C17H13NO4. The second-order valence-electron chi connectivity index (χ2n) is 4.77. The van der Waals surface area contributed by atoms with Crippen molar-refractivity contribution in [1.29, 1.82) is 0 Å². The molecule has 0 aromatic heterocycles. The summed E-state index contributed by atoms with van der Waals surface area (Å²) in [5.74, 6) is -0.206. The number of carbonyl (C=O) groups excluding carboxylic acids is 1. The maximum atomic E-state index is 11.7. The van der Waals surface area contributed by atoms with E-state index in [-0.39, 0.29) is 12.3 Å². The molecule has 0 atom stereocenters. The second-order valence-corrected chi connectivity index (χ2v) is 4.77. The number of fused-ring (bicyclic) bond motifs is 1. The van der Waals surface area contributed by atoms with Crippen LogP contribution in [0.1, 0.15) is 11.1 Å². The average molecular weight is 295 g/mol. The summed E-state index contributed by atoms with van der Waals surface area (Å²) < 4.78 is 5.26. The van der Waals surface area contributed by atoms with E-state index in [9.17, 15) is 14.7 Å². The number of carbonyl (C=O) groups is 2. The first-order valence-corrected chi connectivity index (χ1v) is 6.71. The van der Waals surface area contributed by atoms with Gasteiger partial charge in [0.2, 0.25) is 0 Å². The zero-order valence-corrected chi connectivity index (χ0v) is 11.6. The predicted molar refractivity (Wildman–Crippen MR) is 82.8 cm³/mol. The molecule has 22 heavy (non-hydrogen) atoms. The van der Waals surface area contributed by atoms with Gasteiger partial charge in [-0.05, 0) is 23.3 Å².